The van der Waals surface area contributed by atoms with Crippen LogP contribution in [0.3, 0.4) is 0 Å². The number of methoxy groups -OCH3 is 1. The Kier molecular flexibility index (Phi) is 6.06. The van der Waals surface area contributed by atoms with Crippen LogP contribution in [0.15, 0.2) is 23.1 Å². The molecule has 0 heterocycles. The third kappa shape index (κ3) is 4.66. The monoisotopic (exact) mass is 318 g/mol. The number of aliphatic hydroxyl groups is 1. The van der Waals surface area contributed by atoms with Gasteiger partial charge in [-0.15, -0.1) is 0 Å². The van der Waals surface area contributed by atoms with Crippen LogP contribution in [0.5, 0.6) is 5.75 Å². The molecule has 0 spiro atoms. The first-order valence-electron chi connectivity index (χ1n) is 6.27. The second-order valence-electron chi connectivity index (χ2n) is 4.48. The van der Waals surface area contributed by atoms with Gasteiger partial charge in [-0.25, -0.2) is 13.1 Å². The highest BCUT2D eigenvalue weighted by Gasteiger charge is 2.23. The molecule has 1 aromatic rings. The zero-order valence-electron chi connectivity index (χ0n) is 11.8. The van der Waals surface area contributed by atoms with Crippen LogP contribution in [0.1, 0.15) is 19.8 Å². The van der Waals surface area contributed by atoms with Crippen molar-refractivity contribution in [1.82, 2.24) is 4.72 Å². The number of aliphatic hydroxyl groups excluding tert-OH is 1. The zero-order chi connectivity index (χ0) is 16.0. The minimum absolute atomic E-state index is 0.0209. The number of ether oxygens (including phenoxy) is 1. The van der Waals surface area contributed by atoms with Crippen LogP contribution in [-0.2, 0) is 10.0 Å². The number of nitrogens with zero attached hydrogens (tertiary/aromatic N) is 1. The quantitative estimate of drug-likeness (QED) is 0.546. The first-order valence-corrected chi connectivity index (χ1v) is 7.75. The molecule has 0 aromatic heterocycles. The van der Waals surface area contributed by atoms with Crippen LogP contribution in [0.25, 0.3) is 0 Å². The number of benzene rings is 1. The molecule has 0 radical (unpaired) electrons. The van der Waals surface area contributed by atoms with E-state index in [2.05, 4.69) is 4.72 Å². The summed E-state index contributed by atoms with van der Waals surface area (Å²) in [5.74, 6) is -0.0916. The molecule has 0 aliphatic carbocycles. The van der Waals surface area contributed by atoms with Crippen molar-refractivity contribution >= 4 is 15.7 Å². The fraction of sp³-hybridized carbons (Fsp3) is 0.500. The Labute approximate surface area is 122 Å². The third-order valence-corrected chi connectivity index (χ3v) is 4.43. The minimum atomic E-state index is -3.85. The molecule has 0 aliphatic heterocycles. The Morgan fingerprint density at radius 2 is 2.14 bits per heavy atom. The highest BCUT2D eigenvalue weighted by Crippen LogP contribution is 2.28. The molecule has 21 heavy (non-hydrogen) atoms. The maximum atomic E-state index is 12.2. The maximum Gasteiger partial charge on any atom is 0.273 e. The number of sulfonamides is 1. The summed E-state index contributed by atoms with van der Waals surface area (Å²) >= 11 is 0. The first kappa shape index (κ1) is 17.3. The van der Waals surface area contributed by atoms with Gasteiger partial charge in [-0.3, -0.25) is 10.1 Å². The van der Waals surface area contributed by atoms with Gasteiger partial charge in [0.2, 0.25) is 10.0 Å². The van der Waals surface area contributed by atoms with E-state index in [1.54, 1.807) is 6.92 Å². The summed E-state index contributed by atoms with van der Waals surface area (Å²) in [7, 11) is -2.61. The van der Waals surface area contributed by atoms with Gasteiger partial charge in [-0.2, -0.15) is 0 Å². The summed E-state index contributed by atoms with van der Waals surface area (Å²) in [6, 6.07) is 2.93. The van der Waals surface area contributed by atoms with Crippen molar-refractivity contribution in [1.29, 1.82) is 0 Å². The molecule has 0 fully saturated rings. The highest BCUT2D eigenvalue weighted by atomic mass is 32.2. The van der Waals surface area contributed by atoms with E-state index in [0.717, 1.165) is 18.2 Å². The lowest BCUT2D eigenvalue weighted by atomic mass is 10.2. The van der Waals surface area contributed by atoms with E-state index in [-0.39, 0.29) is 29.0 Å². The van der Waals surface area contributed by atoms with Gasteiger partial charge in [-0.05, 0) is 25.8 Å². The standard InChI is InChI=1S/C12H18N2O6S/c1-9(4-3-7-15)13-21(18,19)12-6-5-10(14(16)17)8-11(12)20-2/h5-6,8-9,13,15H,3-4,7H2,1-2H3. The molecule has 118 valence electrons. The smallest absolute Gasteiger partial charge is 0.273 e. The van der Waals surface area contributed by atoms with Crippen LogP contribution >= 0.6 is 0 Å². The molecule has 0 amide bonds. The van der Waals surface area contributed by atoms with Crippen LogP contribution in [0.2, 0.25) is 0 Å². The van der Waals surface area contributed by atoms with Crippen molar-refractivity contribution < 1.29 is 23.2 Å². The van der Waals surface area contributed by atoms with Crippen LogP contribution < -0.4 is 9.46 Å². The number of hydrogen-bond donors (Lipinski definition) is 2. The van der Waals surface area contributed by atoms with Crippen molar-refractivity contribution in [2.45, 2.75) is 30.7 Å². The molecule has 0 aliphatic rings. The number of nitro benzene ring substituents is 1. The lowest BCUT2D eigenvalue weighted by molar-refractivity contribution is -0.385. The van der Waals surface area contributed by atoms with Crippen LogP contribution in [0, 0.1) is 10.1 Å². The molecule has 1 rings (SSSR count). The summed E-state index contributed by atoms with van der Waals surface area (Å²) in [5, 5.41) is 19.4. The Hall–Kier alpha value is -1.71. The zero-order valence-corrected chi connectivity index (χ0v) is 12.6. The molecular formula is C12H18N2O6S. The molecule has 1 aromatic carbocycles. The Morgan fingerprint density at radius 1 is 1.48 bits per heavy atom. The fourth-order valence-corrected chi connectivity index (χ4v) is 3.21. The van der Waals surface area contributed by atoms with E-state index >= 15 is 0 Å². The lowest BCUT2D eigenvalue weighted by Gasteiger charge is -2.15. The fourth-order valence-electron chi connectivity index (χ4n) is 1.78. The summed E-state index contributed by atoms with van der Waals surface area (Å²) in [4.78, 5) is 9.90. The van der Waals surface area contributed by atoms with Gasteiger partial charge in [0.15, 0.2) is 0 Å². The molecule has 0 saturated carbocycles. The van der Waals surface area contributed by atoms with Crippen LogP contribution in [-0.4, -0.2) is 38.2 Å². The van der Waals surface area contributed by atoms with Crippen molar-refractivity contribution in [3.05, 3.63) is 28.3 Å². The van der Waals surface area contributed by atoms with Crippen LogP contribution in [0.4, 0.5) is 5.69 Å². The Bertz CT molecular complexity index is 602. The van der Waals surface area contributed by atoms with E-state index in [0.29, 0.717) is 12.8 Å². The Morgan fingerprint density at radius 3 is 2.67 bits per heavy atom. The minimum Gasteiger partial charge on any atom is -0.495 e. The predicted octanol–water partition coefficient (Wildman–Crippen LogP) is 1.04. The number of nitro groups is 1. The van der Waals surface area contributed by atoms with Gasteiger partial charge < -0.3 is 9.84 Å². The van der Waals surface area contributed by atoms with E-state index < -0.39 is 14.9 Å². The van der Waals surface area contributed by atoms with Gasteiger partial charge in [-0.1, -0.05) is 0 Å². The van der Waals surface area contributed by atoms with E-state index in [9.17, 15) is 18.5 Å². The molecule has 1 unspecified atom stereocenters. The number of non-ortho nitro benzene ring substituents is 1. The van der Waals surface area contributed by atoms with Crippen molar-refractivity contribution in [2.24, 2.45) is 0 Å². The molecule has 0 bridgehead atoms. The van der Waals surface area contributed by atoms with Gasteiger partial charge in [0.25, 0.3) is 5.69 Å². The van der Waals surface area contributed by atoms with E-state index in [4.69, 9.17) is 9.84 Å². The summed E-state index contributed by atoms with van der Waals surface area (Å²) < 4.78 is 31.8. The van der Waals surface area contributed by atoms with Gasteiger partial charge >= 0.3 is 0 Å². The third-order valence-electron chi connectivity index (χ3n) is 2.80. The second-order valence-corrected chi connectivity index (χ2v) is 6.16. The SMILES string of the molecule is COc1cc([N+](=O)[O-])ccc1S(=O)(=O)NC(C)CCCO. The molecule has 2 N–H and O–H groups in total. The summed E-state index contributed by atoms with van der Waals surface area (Å²) in [6.45, 7) is 1.65. The first-order chi connectivity index (χ1) is 9.81. The van der Waals surface area contributed by atoms with Crippen molar-refractivity contribution in [3.63, 3.8) is 0 Å². The van der Waals surface area contributed by atoms with Gasteiger partial charge in [0.1, 0.15) is 10.6 Å². The van der Waals surface area contributed by atoms with E-state index in [1.807, 2.05) is 0 Å². The van der Waals surface area contributed by atoms with Crippen molar-refractivity contribution in [3.8, 4) is 5.75 Å². The van der Waals surface area contributed by atoms with Crippen molar-refractivity contribution in [2.75, 3.05) is 13.7 Å². The molecule has 8 nitrogen and oxygen atoms in total. The lowest BCUT2D eigenvalue weighted by Crippen LogP contribution is -2.33. The number of hydrogen-bond acceptors (Lipinski definition) is 6. The maximum absolute atomic E-state index is 12.2. The number of rotatable bonds is 8. The largest absolute Gasteiger partial charge is 0.495 e. The molecule has 9 heteroatoms. The Balaban J connectivity index is 3.05. The normalized spacial score (nSPS) is 12.9. The molecular weight excluding hydrogens is 300 g/mol. The number of nitrogens with one attached hydrogen (secondary N) is 1. The predicted molar refractivity (Wildman–Crippen MR) is 75.8 cm³/mol. The summed E-state index contributed by atoms with van der Waals surface area (Å²) in [5.41, 5.74) is -0.251. The van der Waals surface area contributed by atoms with Gasteiger partial charge in [0.05, 0.1) is 18.1 Å². The van der Waals surface area contributed by atoms with E-state index in [1.165, 1.54) is 7.11 Å². The average Bonchev–Trinajstić information content (AvgIpc) is 2.43. The van der Waals surface area contributed by atoms with Gasteiger partial charge in [0, 0.05) is 18.7 Å². The molecule has 0 saturated heterocycles. The summed E-state index contributed by atoms with van der Waals surface area (Å²) in [6.07, 6.45) is 0.951. The highest BCUT2D eigenvalue weighted by molar-refractivity contribution is 7.89. The topological polar surface area (TPSA) is 119 Å². The average molecular weight is 318 g/mol. The second kappa shape index (κ2) is 7.34. The molecule has 1 atom stereocenters.